The van der Waals surface area contributed by atoms with Crippen molar-refractivity contribution in [3.63, 3.8) is 0 Å². The Hall–Kier alpha value is -4.45. The molecule has 0 bridgehead atoms. The van der Waals surface area contributed by atoms with Gasteiger partial charge in [-0.05, 0) is 78.4 Å². The van der Waals surface area contributed by atoms with E-state index in [2.05, 4.69) is 5.32 Å². The minimum absolute atomic E-state index is 0.266. The average Bonchev–Trinajstić information content (AvgIpc) is 3.38. The Morgan fingerprint density at radius 1 is 0.765 bits per heavy atom. The maximum atomic E-state index is 13.6. The smallest absolute Gasteiger partial charge is 0.275 e. The summed E-state index contributed by atoms with van der Waals surface area (Å²) in [4.78, 5) is 15.1. The molecule has 0 fully saturated rings. The van der Waals surface area contributed by atoms with Crippen molar-refractivity contribution < 1.29 is 18.0 Å². The number of para-hydroxylation sites is 1. The van der Waals surface area contributed by atoms with Crippen LogP contribution in [-0.4, -0.2) is 5.91 Å². The van der Waals surface area contributed by atoms with Crippen molar-refractivity contribution in [1.82, 2.24) is 0 Å². The van der Waals surface area contributed by atoms with Gasteiger partial charge in [0.2, 0.25) is 0 Å². The normalized spacial score (nSPS) is 15.8. The molecule has 1 N–H and O–H groups in total. The number of carbonyl (C=O) groups is 1. The van der Waals surface area contributed by atoms with E-state index in [-0.39, 0.29) is 17.5 Å². The molecular formula is C28H18F2N2O2. The number of anilines is 2. The summed E-state index contributed by atoms with van der Waals surface area (Å²) in [5, 5.41) is 5.04. The highest BCUT2D eigenvalue weighted by atomic mass is 19.1. The summed E-state index contributed by atoms with van der Waals surface area (Å²) < 4.78 is 32.9. The van der Waals surface area contributed by atoms with Gasteiger partial charge in [0.15, 0.2) is 0 Å². The molecular weight excluding hydrogens is 434 g/mol. The molecule has 4 nitrogen and oxygen atoms in total. The Balaban J connectivity index is 1.46. The van der Waals surface area contributed by atoms with Crippen molar-refractivity contribution in [3.05, 3.63) is 120 Å². The zero-order chi connectivity index (χ0) is 23.2. The Labute approximate surface area is 193 Å². The third-order valence-corrected chi connectivity index (χ3v) is 6.02. The number of hydrogen-bond donors (Lipinski definition) is 1. The van der Waals surface area contributed by atoms with Crippen LogP contribution in [-0.2, 0) is 4.79 Å². The molecule has 0 saturated carbocycles. The predicted octanol–water partition coefficient (Wildman–Crippen LogP) is 6.95. The fourth-order valence-electron chi connectivity index (χ4n) is 4.40. The van der Waals surface area contributed by atoms with Crippen LogP contribution in [0.25, 0.3) is 21.9 Å². The molecule has 0 saturated heterocycles. The van der Waals surface area contributed by atoms with Gasteiger partial charge in [-0.1, -0.05) is 24.3 Å². The summed E-state index contributed by atoms with van der Waals surface area (Å²) in [6.45, 7) is 0. The highest BCUT2D eigenvalue weighted by molar-refractivity contribution is 6.11. The van der Waals surface area contributed by atoms with Crippen LogP contribution in [0.15, 0.2) is 107 Å². The van der Waals surface area contributed by atoms with Crippen molar-refractivity contribution >= 4 is 39.2 Å². The van der Waals surface area contributed by atoms with Crippen molar-refractivity contribution in [1.29, 1.82) is 0 Å². The fourth-order valence-corrected chi connectivity index (χ4v) is 4.40. The summed E-state index contributed by atoms with van der Waals surface area (Å²) in [6, 6.07) is 24.8. The third kappa shape index (κ3) is 3.40. The van der Waals surface area contributed by atoms with Crippen LogP contribution in [0.4, 0.5) is 20.2 Å². The molecule has 1 aromatic heterocycles. The number of carbonyl (C=O) groups excluding carboxylic acids is 1. The molecule has 0 aliphatic carbocycles. The van der Waals surface area contributed by atoms with Crippen LogP contribution < -0.4 is 10.2 Å². The van der Waals surface area contributed by atoms with E-state index < -0.39 is 6.04 Å². The molecule has 6 heteroatoms. The number of amides is 1. The first-order valence-electron chi connectivity index (χ1n) is 10.8. The molecule has 6 rings (SSSR count). The van der Waals surface area contributed by atoms with Crippen molar-refractivity contribution in [3.8, 4) is 0 Å². The van der Waals surface area contributed by atoms with Crippen LogP contribution in [0, 0.1) is 11.6 Å². The molecule has 1 amide bonds. The maximum Gasteiger partial charge on any atom is 0.275 e. The quantitative estimate of drug-likeness (QED) is 0.321. The minimum atomic E-state index is -0.432. The lowest BCUT2D eigenvalue weighted by atomic mass is 10.0. The molecule has 4 aromatic carbocycles. The SMILES string of the molecule is O=C1C(Nc2ccc(F)cc2)=C[C@@H](c2ccc3oc4ccccc4c3c2)N1c1ccc(F)cc1. The molecule has 2 heterocycles. The number of rotatable bonds is 4. The van der Waals surface area contributed by atoms with E-state index in [1.165, 1.54) is 24.3 Å². The topological polar surface area (TPSA) is 45.5 Å². The summed E-state index contributed by atoms with van der Waals surface area (Å²) >= 11 is 0. The number of benzene rings is 4. The number of nitrogens with one attached hydrogen (secondary N) is 1. The highest BCUT2D eigenvalue weighted by Crippen LogP contribution is 2.38. The Morgan fingerprint density at radius 2 is 1.44 bits per heavy atom. The summed E-state index contributed by atoms with van der Waals surface area (Å²) in [7, 11) is 0. The first-order chi connectivity index (χ1) is 16.6. The number of nitrogens with zero attached hydrogens (tertiary/aromatic N) is 1. The van der Waals surface area contributed by atoms with Gasteiger partial charge in [0.05, 0.1) is 6.04 Å². The Morgan fingerprint density at radius 3 is 2.21 bits per heavy atom. The predicted molar refractivity (Wildman–Crippen MR) is 128 cm³/mol. The molecule has 0 radical (unpaired) electrons. The van der Waals surface area contributed by atoms with E-state index >= 15 is 0 Å². The lowest BCUT2D eigenvalue weighted by Gasteiger charge is -2.25. The molecule has 0 unspecified atom stereocenters. The van der Waals surface area contributed by atoms with E-state index in [0.717, 1.165) is 27.5 Å². The van der Waals surface area contributed by atoms with Crippen LogP contribution in [0.1, 0.15) is 11.6 Å². The fraction of sp³-hybridized carbons (Fsp3) is 0.0357. The Bertz CT molecular complexity index is 1570. The summed E-state index contributed by atoms with van der Waals surface area (Å²) in [5.41, 5.74) is 3.96. The number of fused-ring (bicyclic) bond motifs is 3. The molecule has 1 aliphatic rings. The maximum absolute atomic E-state index is 13.6. The van der Waals surface area contributed by atoms with Crippen molar-refractivity contribution in [2.75, 3.05) is 10.2 Å². The van der Waals surface area contributed by atoms with Gasteiger partial charge in [0.1, 0.15) is 28.5 Å². The van der Waals surface area contributed by atoms with Crippen molar-refractivity contribution in [2.45, 2.75) is 6.04 Å². The number of halogens is 2. The van der Waals surface area contributed by atoms with Gasteiger partial charge in [-0.15, -0.1) is 0 Å². The molecule has 166 valence electrons. The van der Waals surface area contributed by atoms with Crippen LogP contribution in [0.5, 0.6) is 0 Å². The lowest BCUT2D eigenvalue weighted by molar-refractivity contribution is -0.114. The Kier molecular flexibility index (Phi) is 4.66. The van der Waals surface area contributed by atoms with Gasteiger partial charge >= 0.3 is 0 Å². The van der Waals surface area contributed by atoms with Gasteiger partial charge in [0, 0.05) is 22.1 Å². The van der Waals surface area contributed by atoms with Crippen LogP contribution in [0.3, 0.4) is 0 Å². The highest BCUT2D eigenvalue weighted by Gasteiger charge is 2.35. The van der Waals surface area contributed by atoms with E-state index in [4.69, 9.17) is 4.42 Å². The molecule has 5 aromatic rings. The zero-order valence-corrected chi connectivity index (χ0v) is 17.8. The van der Waals surface area contributed by atoms with Crippen molar-refractivity contribution in [2.24, 2.45) is 0 Å². The second-order valence-corrected chi connectivity index (χ2v) is 8.16. The van der Waals surface area contributed by atoms with E-state index in [1.54, 1.807) is 29.2 Å². The standard InChI is InChI=1S/C28H18F2N2O2/c29-18-6-10-20(11-7-18)31-24-16-25(32(28(24)33)21-12-8-19(30)9-13-21)17-5-14-27-23(15-17)22-3-1-2-4-26(22)34-27/h1-16,25,31H/t25-/m0/s1. The van der Waals surface area contributed by atoms with Gasteiger partial charge < -0.3 is 9.73 Å². The van der Waals surface area contributed by atoms with E-state index in [1.807, 2.05) is 48.5 Å². The first kappa shape index (κ1) is 20.2. The van der Waals surface area contributed by atoms with Crippen LogP contribution >= 0.6 is 0 Å². The number of hydrogen-bond acceptors (Lipinski definition) is 3. The molecule has 0 spiro atoms. The second kappa shape index (κ2) is 7.85. The van der Waals surface area contributed by atoms with Gasteiger partial charge in [-0.3, -0.25) is 9.69 Å². The lowest BCUT2D eigenvalue weighted by Crippen LogP contribution is -2.30. The van der Waals surface area contributed by atoms with Crippen LogP contribution in [0.2, 0.25) is 0 Å². The summed E-state index contributed by atoms with van der Waals surface area (Å²) in [6.07, 6.45) is 1.83. The van der Waals surface area contributed by atoms with E-state index in [0.29, 0.717) is 17.1 Å². The monoisotopic (exact) mass is 452 g/mol. The third-order valence-electron chi connectivity index (χ3n) is 6.02. The first-order valence-corrected chi connectivity index (χ1v) is 10.8. The molecule has 1 aliphatic heterocycles. The second-order valence-electron chi connectivity index (χ2n) is 8.16. The molecule has 34 heavy (non-hydrogen) atoms. The average molecular weight is 452 g/mol. The van der Waals surface area contributed by atoms with Gasteiger partial charge in [0.25, 0.3) is 5.91 Å². The van der Waals surface area contributed by atoms with Gasteiger partial charge in [-0.25, -0.2) is 8.78 Å². The number of furan rings is 1. The van der Waals surface area contributed by atoms with E-state index in [9.17, 15) is 13.6 Å². The van der Waals surface area contributed by atoms with Gasteiger partial charge in [-0.2, -0.15) is 0 Å². The largest absolute Gasteiger partial charge is 0.456 e. The zero-order valence-electron chi connectivity index (χ0n) is 17.8. The molecule has 1 atom stereocenters. The minimum Gasteiger partial charge on any atom is -0.456 e. The summed E-state index contributed by atoms with van der Waals surface area (Å²) in [5.74, 6) is -1.00.